The lowest BCUT2D eigenvalue weighted by Crippen LogP contribution is -2.07. The van der Waals surface area contributed by atoms with Gasteiger partial charge in [0.25, 0.3) is 0 Å². The SMILES string of the molecule is Oc1ccc2c(oc3c(F)c(C(F)(F)F)ccc32)c1F. The molecule has 20 heavy (non-hydrogen) atoms. The minimum atomic E-state index is -4.88. The van der Waals surface area contributed by atoms with Crippen LogP contribution in [0.5, 0.6) is 5.75 Å². The second-order valence-electron chi connectivity index (χ2n) is 4.18. The molecule has 0 aliphatic heterocycles. The molecule has 7 heteroatoms. The molecule has 0 amide bonds. The molecule has 1 N–H and O–H groups in total. The number of fused-ring (bicyclic) bond motifs is 3. The van der Waals surface area contributed by atoms with Gasteiger partial charge in [-0.25, -0.2) is 4.39 Å². The highest BCUT2D eigenvalue weighted by Gasteiger charge is 2.36. The molecule has 0 fully saturated rings. The van der Waals surface area contributed by atoms with E-state index in [1.54, 1.807) is 0 Å². The van der Waals surface area contributed by atoms with Crippen molar-refractivity contribution in [2.45, 2.75) is 6.18 Å². The molecule has 0 aliphatic carbocycles. The number of aromatic hydroxyl groups is 1. The fourth-order valence-corrected chi connectivity index (χ4v) is 2.05. The van der Waals surface area contributed by atoms with Crippen molar-refractivity contribution in [2.24, 2.45) is 0 Å². The Balaban J connectivity index is 2.45. The third-order valence-electron chi connectivity index (χ3n) is 2.97. The molecule has 0 saturated carbocycles. The number of halogens is 5. The topological polar surface area (TPSA) is 33.4 Å². The van der Waals surface area contributed by atoms with Crippen LogP contribution < -0.4 is 0 Å². The Kier molecular flexibility index (Phi) is 2.44. The van der Waals surface area contributed by atoms with Gasteiger partial charge in [-0.1, -0.05) is 0 Å². The van der Waals surface area contributed by atoms with Gasteiger partial charge in [0.2, 0.25) is 5.82 Å². The highest BCUT2D eigenvalue weighted by atomic mass is 19.4. The molecule has 3 aromatic rings. The summed E-state index contributed by atoms with van der Waals surface area (Å²) in [6.45, 7) is 0. The van der Waals surface area contributed by atoms with Crippen LogP contribution in [0.2, 0.25) is 0 Å². The van der Waals surface area contributed by atoms with E-state index in [0.717, 1.165) is 12.1 Å². The largest absolute Gasteiger partial charge is 0.505 e. The molecular weight excluding hydrogens is 283 g/mol. The van der Waals surface area contributed by atoms with Gasteiger partial charge in [0.1, 0.15) is 0 Å². The van der Waals surface area contributed by atoms with Gasteiger partial charge in [-0.2, -0.15) is 17.6 Å². The summed E-state index contributed by atoms with van der Waals surface area (Å²) >= 11 is 0. The zero-order valence-electron chi connectivity index (χ0n) is 9.55. The van der Waals surface area contributed by atoms with E-state index in [1.165, 1.54) is 6.07 Å². The lowest BCUT2D eigenvalue weighted by Gasteiger charge is -2.07. The maximum Gasteiger partial charge on any atom is 0.419 e. The van der Waals surface area contributed by atoms with Gasteiger partial charge in [-0.05, 0) is 24.3 Å². The lowest BCUT2D eigenvalue weighted by atomic mass is 10.1. The van der Waals surface area contributed by atoms with Crippen molar-refractivity contribution in [3.8, 4) is 5.75 Å². The third-order valence-corrected chi connectivity index (χ3v) is 2.97. The molecule has 0 unspecified atom stereocenters. The van der Waals surface area contributed by atoms with Crippen molar-refractivity contribution in [1.82, 2.24) is 0 Å². The Morgan fingerprint density at radius 2 is 1.40 bits per heavy atom. The van der Waals surface area contributed by atoms with Crippen LogP contribution in [0.3, 0.4) is 0 Å². The number of rotatable bonds is 0. The molecule has 104 valence electrons. The predicted molar refractivity (Wildman–Crippen MR) is 60.3 cm³/mol. The van der Waals surface area contributed by atoms with Gasteiger partial charge in [-0.3, -0.25) is 0 Å². The summed E-state index contributed by atoms with van der Waals surface area (Å²) in [5.41, 5.74) is -2.67. The van der Waals surface area contributed by atoms with Crippen molar-refractivity contribution in [3.63, 3.8) is 0 Å². The molecule has 0 spiro atoms. The number of alkyl halides is 3. The van der Waals surface area contributed by atoms with Gasteiger partial charge < -0.3 is 9.52 Å². The Hall–Kier alpha value is -2.31. The van der Waals surface area contributed by atoms with Crippen LogP contribution in [-0.2, 0) is 6.18 Å². The van der Waals surface area contributed by atoms with E-state index in [1.807, 2.05) is 0 Å². The van der Waals surface area contributed by atoms with E-state index in [9.17, 15) is 27.1 Å². The van der Waals surface area contributed by atoms with Gasteiger partial charge >= 0.3 is 6.18 Å². The molecule has 0 atom stereocenters. The van der Waals surface area contributed by atoms with Gasteiger partial charge in [0.15, 0.2) is 22.7 Å². The second kappa shape index (κ2) is 3.84. The summed E-state index contributed by atoms with van der Waals surface area (Å²) in [5, 5.41) is 9.28. The van der Waals surface area contributed by atoms with E-state index in [4.69, 9.17) is 4.42 Å². The zero-order chi connectivity index (χ0) is 14.7. The van der Waals surface area contributed by atoms with E-state index >= 15 is 0 Å². The van der Waals surface area contributed by atoms with Crippen molar-refractivity contribution < 1.29 is 31.5 Å². The Morgan fingerprint density at radius 1 is 0.850 bits per heavy atom. The number of benzene rings is 2. The first-order valence-electron chi connectivity index (χ1n) is 5.40. The van der Waals surface area contributed by atoms with Crippen molar-refractivity contribution in [1.29, 1.82) is 0 Å². The van der Waals surface area contributed by atoms with Crippen molar-refractivity contribution in [3.05, 3.63) is 41.5 Å². The highest BCUT2D eigenvalue weighted by Crippen LogP contribution is 2.39. The maximum atomic E-state index is 13.8. The molecular formula is C13H5F5O2. The quantitative estimate of drug-likeness (QED) is 0.614. The first-order chi connectivity index (χ1) is 9.30. The van der Waals surface area contributed by atoms with Crippen LogP contribution in [0, 0.1) is 11.6 Å². The molecule has 1 aromatic heterocycles. The molecule has 3 rings (SSSR count). The summed E-state index contributed by atoms with van der Waals surface area (Å²) in [7, 11) is 0. The fourth-order valence-electron chi connectivity index (χ4n) is 2.05. The van der Waals surface area contributed by atoms with Gasteiger partial charge in [-0.15, -0.1) is 0 Å². The molecule has 1 heterocycles. The van der Waals surface area contributed by atoms with Crippen LogP contribution in [0.4, 0.5) is 22.0 Å². The molecule has 0 saturated heterocycles. The average Bonchev–Trinajstić information content (AvgIpc) is 2.73. The molecule has 0 bridgehead atoms. The minimum Gasteiger partial charge on any atom is -0.505 e. The number of hydrogen-bond acceptors (Lipinski definition) is 2. The summed E-state index contributed by atoms with van der Waals surface area (Å²) in [6.07, 6.45) is -4.88. The van der Waals surface area contributed by atoms with Crippen LogP contribution in [0.1, 0.15) is 5.56 Å². The van der Waals surface area contributed by atoms with E-state index in [-0.39, 0.29) is 10.8 Å². The smallest absolute Gasteiger partial charge is 0.419 e. The normalized spacial score (nSPS) is 12.4. The lowest BCUT2D eigenvalue weighted by molar-refractivity contribution is -0.139. The zero-order valence-corrected chi connectivity index (χ0v) is 9.55. The highest BCUT2D eigenvalue weighted by molar-refractivity contribution is 6.05. The standard InChI is InChI=1S/C13H5F5O2/c14-9-7(13(16,17)18)3-1-5-6-2-4-8(19)10(15)12(6)20-11(5)9/h1-4,19H. The molecule has 2 aromatic carbocycles. The van der Waals surface area contributed by atoms with E-state index in [0.29, 0.717) is 6.07 Å². The van der Waals surface area contributed by atoms with Crippen molar-refractivity contribution in [2.75, 3.05) is 0 Å². The Bertz CT molecular complexity index is 832. The fraction of sp³-hybridized carbons (Fsp3) is 0.0769. The minimum absolute atomic E-state index is 0.00407. The number of hydrogen-bond donors (Lipinski definition) is 1. The van der Waals surface area contributed by atoms with Crippen LogP contribution in [0.15, 0.2) is 28.7 Å². The average molecular weight is 288 g/mol. The van der Waals surface area contributed by atoms with Crippen LogP contribution >= 0.6 is 0 Å². The number of phenols is 1. The summed E-state index contributed by atoms with van der Waals surface area (Å²) < 4.78 is 70.0. The Labute approximate surface area is 108 Å². The van der Waals surface area contributed by atoms with Crippen molar-refractivity contribution >= 4 is 21.9 Å². The molecule has 2 nitrogen and oxygen atoms in total. The first-order valence-corrected chi connectivity index (χ1v) is 5.40. The predicted octanol–water partition coefficient (Wildman–Crippen LogP) is 4.59. The third kappa shape index (κ3) is 1.62. The first kappa shape index (κ1) is 12.7. The Morgan fingerprint density at radius 3 is 2.00 bits per heavy atom. The summed E-state index contributed by atoms with van der Waals surface area (Å²) in [5.74, 6) is -3.48. The number of furan rings is 1. The summed E-state index contributed by atoms with van der Waals surface area (Å²) in [4.78, 5) is 0. The summed E-state index contributed by atoms with van der Waals surface area (Å²) in [6, 6.07) is 3.83. The van der Waals surface area contributed by atoms with Crippen LogP contribution in [-0.4, -0.2) is 5.11 Å². The molecule has 0 aliphatic rings. The molecule has 0 radical (unpaired) electrons. The van der Waals surface area contributed by atoms with Gasteiger partial charge in [0, 0.05) is 10.8 Å². The van der Waals surface area contributed by atoms with E-state index in [2.05, 4.69) is 0 Å². The van der Waals surface area contributed by atoms with Crippen LogP contribution in [0.25, 0.3) is 21.9 Å². The number of phenolic OH excluding ortho intramolecular Hbond substituents is 1. The van der Waals surface area contributed by atoms with Gasteiger partial charge in [0.05, 0.1) is 5.56 Å². The monoisotopic (exact) mass is 288 g/mol. The second-order valence-corrected chi connectivity index (χ2v) is 4.18. The maximum absolute atomic E-state index is 13.8. The van der Waals surface area contributed by atoms with E-state index < -0.39 is 40.3 Å².